The Morgan fingerprint density at radius 3 is 1.56 bits per heavy atom. The number of primary amides is 1. The van der Waals surface area contributed by atoms with Gasteiger partial charge in [0.25, 0.3) is 5.91 Å². The smallest absolute Gasteiger partial charge is 0.271 e. The Morgan fingerprint density at radius 2 is 1.10 bits per heavy atom. The van der Waals surface area contributed by atoms with Gasteiger partial charge in [-0.2, -0.15) is 0 Å². The second kappa shape index (κ2) is 35.5. The van der Waals surface area contributed by atoms with Crippen LogP contribution < -0.4 is 16.8 Å². The molecule has 0 spiro atoms. The molecule has 9 nitrogen and oxygen atoms in total. The summed E-state index contributed by atoms with van der Waals surface area (Å²) in [6, 6.07) is 10.4. The molecule has 1 fully saturated rings. The first-order chi connectivity index (χ1) is 30.1. The summed E-state index contributed by atoms with van der Waals surface area (Å²) in [6.45, 7) is 7.08. The molecule has 4 atom stereocenters. The van der Waals surface area contributed by atoms with E-state index in [2.05, 4.69) is 72.7 Å². The molecular weight excluding hydrogens is 759 g/mol. The van der Waals surface area contributed by atoms with E-state index >= 15 is 0 Å². The van der Waals surface area contributed by atoms with E-state index < -0.39 is 18.2 Å². The lowest BCUT2D eigenvalue weighted by atomic mass is 10.1. The van der Waals surface area contributed by atoms with Gasteiger partial charge in [-0.1, -0.05) is 184 Å². The first kappa shape index (κ1) is 52.4. The van der Waals surface area contributed by atoms with Crippen molar-refractivity contribution in [2.24, 2.45) is 5.73 Å². The molecule has 1 aliphatic rings. The van der Waals surface area contributed by atoms with Crippen molar-refractivity contribution in [2.45, 2.75) is 225 Å². The molecule has 2 heterocycles. The third-order valence-corrected chi connectivity index (χ3v) is 12.1. The lowest BCUT2D eigenvalue weighted by Gasteiger charge is -2.26. The van der Waals surface area contributed by atoms with Gasteiger partial charge in [0.1, 0.15) is 24.1 Å². The van der Waals surface area contributed by atoms with Crippen molar-refractivity contribution in [2.75, 3.05) is 25.5 Å². The standard InChI is InChI=1S/C52H89N5O4/c1-3-5-7-9-11-13-15-17-19-21-23-25-27-29-31-36-40-59-48-46(43-55-42-45-38-34-33-35-39-45)61-52(57-44-56-47(50(57)53)51(54)58)49(48)60-41-37-32-30-28-26-24-22-20-18-16-14-12-10-8-6-4-2/h17-20,33-35,38-39,44,46,48-49,52,55H,3-16,21-32,36-37,40-43,53H2,1-2H3,(H2,54,58)/b19-17-,20-18-/t46-,48-,49-,52-/m1/s1. The maximum atomic E-state index is 12.1. The van der Waals surface area contributed by atoms with Crippen LogP contribution in [0.4, 0.5) is 5.82 Å². The number of carbonyl (C=O) groups is 1. The molecule has 346 valence electrons. The highest BCUT2D eigenvalue weighted by Crippen LogP contribution is 2.36. The summed E-state index contributed by atoms with van der Waals surface area (Å²) in [4.78, 5) is 16.4. The Labute approximate surface area is 372 Å². The normalized spacial score (nSPS) is 18.0. The molecule has 5 N–H and O–H groups in total. The summed E-state index contributed by atoms with van der Waals surface area (Å²) < 4.78 is 21.8. The number of ether oxygens (including phenoxy) is 3. The summed E-state index contributed by atoms with van der Waals surface area (Å²) in [5.74, 6) is -0.474. The summed E-state index contributed by atoms with van der Waals surface area (Å²) in [5.41, 5.74) is 13.3. The lowest BCUT2D eigenvalue weighted by molar-refractivity contribution is -0.0803. The predicted molar refractivity (Wildman–Crippen MR) is 256 cm³/mol. The highest BCUT2D eigenvalue weighted by Gasteiger charge is 2.47. The van der Waals surface area contributed by atoms with E-state index in [4.69, 9.17) is 25.7 Å². The number of nitrogens with one attached hydrogen (secondary N) is 1. The van der Waals surface area contributed by atoms with Crippen molar-refractivity contribution in [3.05, 3.63) is 72.2 Å². The molecule has 0 unspecified atom stereocenters. The van der Waals surface area contributed by atoms with Gasteiger partial charge in [0.05, 0.1) is 6.33 Å². The topological polar surface area (TPSA) is 127 Å². The number of hydrogen-bond donors (Lipinski definition) is 3. The van der Waals surface area contributed by atoms with E-state index in [9.17, 15) is 4.79 Å². The Balaban J connectivity index is 1.45. The summed E-state index contributed by atoms with van der Waals surface area (Å²) >= 11 is 0. The second-order valence-electron chi connectivity index (χ2n) is 17.5. The number of nitrogen functional groups attached to an aromatic ring is 1. The van der Waals surface area contributed by atoms with Crippen LogP contribution in [-0.4, -0.2) is 53.5 Å². The number of nitrogens with zero attached hydrogens (tertiary/aromatic N) is 2. The molecule has 1 aromatic heterocycles. The third kappa shape index (κ3) is 23.3. The SMILES string of the molecule is CCCCCCCC/C=C\CCCCCCCCO[C@@H]1[C@H](OCCCCCCCC/C=C\CCCCCCCC)[C@@H](CNCc2ccccc2)O[C@H]1n1cnc(C(N)=O)c1N. The molecule has 0 radical (unpaired) electrons. The molecule has 3 rings (SSSR count). The summed E-state index contributed by atoms with van der Waals surface area (Å²) in [7, 11) is 0. The van der Waals surface area contributed by atoms with Gasteiger partial charge >= 0.3 is 0 Å². The monoisotopic (exact) mass is 848 g/mol. The van der Waals surface area contributed by atoms with E-state index in [0.717, 1.165) is 25.7 Å². The van der Waals surface area contributed by atoms with Crippen LogP contribution in [0.1, 0.15) is 216 Å². The molecular formula is C52H89N5O4. The number of carbonyl (C=O) groups excluding carboxylic acids is 1. The molecule has 0 bridgehead atoms. The van der Waals surface area contributed by atoms with Crippen LogP contribution >= 0.6 is 0 Å². The van der Waals surface area contributed by atoms with E-state index in [1.54, 1.807) is 10.9 Å². The molecule has 61 heavy (non-hydrogen) atoms. The number of benzene rings is 1. The number of hydrogen-bond acceptors (Lipinski definition) is 7. The van der Waals surface area contributed by atoms with Gasteiger partial charge in [-0.15, -0.1) is 0 Å². The van der Waals surface area contributed by atoms with Gasteiger partial charge in [0.15, 0.2) is 11.9 Å². The molecule has 0 saturated carbocycles. The Morgan fingerprint density at radius 1 is 0.656 bits per heavy atom. The number of unbranched alkanes of at least 4 members (excludes halogenated alkanes) is 24. The maximum absolute atomic E-state index is 12.1. The lowest BCUT2D eigenvalue weighted by Crippen LogP contribution is -2.41. The van der Waals surface area contributed by atoms with Crippen LogP contribution in [0.15, 0.2) is 61.0 Å². The number of amides is 1. The predicted octanol–water partition coefficient (Wildman–Crippen LogP) is 13.1. The van der Waals surface area contributed by atoms with E-state index in [-0.39, 0.29) is 23.7 Å². The maximum Gasteiger partial charge on any atom is 0.271 e. The highest BCUT2D eigenvalue weighted by atomic mass is 16.6. The minimum atomic E-state index is -0.662. The zero-order chi connectivity index (χ0) is 43.4. The zero-order valence-electron chi connectivity index (χ0n) is 38.9. The number of anilines is 1. The van der Waals surface area contributed by atoms with Gasteiger partial charge in [-0.25, -0.2) is 4.98 Å². The van der Waals surface area contributed by atoms with E-state index in [1.807, 2.05) is 6.07 Å². The van der Waals surface area contributed by atoms with Gasteiger partial charge in [-0.05, 0) is 69.8 Å². The van der Waals surface area contributed by atoms with Gasteiger partial charge in [0.2, 0.25) is 0 Å². The Kier molecular flexibility index (Phi) is 30.5. The molecule has 0 aliphatic carbocycles. The highest BCUT2D eigenvalue weighted by molar-refractivity contribution is 5.95. The molecule has 1 aliphatic heterocycles. The number of aromatic nitrogens is 2. The minimum absolute atomic E-state index is 0.0444. The third-order valence-electron chi connectivity index (χ3n) is 12.1. The average molecular weight is 848 g/mol. The van der Waals surface area contributed by atoms with Crippen LogP contribution in [0, 0.1) is 0 Å². The van der Waals surface area contributed by atoms with E-state index in [0.29, 0.717) is 26.3 Å². The Bertz CT molecular complexity index is 1400. The van der Waals surface area contributed by atoms with Gasteiger partial charge < -0.3 is 31.0 Å². The number of imidazole rings is 1. The fraction of sp³-hybridized carbons (Fsp3) is 0.731. The largest absolute Gasteiger partial charge is 0.383 e. The van der Waals surface area contributed by atoms with Crippen LogP contribution in [-0.2, 0) is 20.8 Å². The molecule has 1 aromatic carbocycles. The molecule has 9 heteroatoms. The van der Waals surface area contributed by atoms with Crippen molar-refractivity contribution < 1.29 is 19.0 Å². The van der Waals surface area contributed by atoms with Crippen molar-refractivity contribution in [3.8, 4) is 0 Å². The van der Waals surface area contributed by atoms with Crippen molar-refractivity contribution >= 4 is 11.7 Å². The second-order valence-corrected chi connectivity index (χ2v) is 17.5. The number of rotatable bonds is 40. The fourth-order valence-corrected chi connectivity index (χ4v) is 8.33. The minimum Gasteiger partial charge on any atom is -0.383 e. The summed E-state index contributed by atoms with van der Waals surface area (Å²) in [5, 5.41) is 3.59. The average Bonchev–Trinajstić information content (AvgIpc) is 3.82. The summed E-state index contributed by atoms with van der Waals surface area (Å²) in [6.07, 6.45) is 44.9. The molecule has 1 amide bonds. The van der Waals surface area contributed by atoms with Crippen LogP contribution in [0.3, 0.4) is 0 Å². The van der Waals surface area contributed by atoms with Crippen LogP contribution in [0.25, 0.3) is 0 Å². The quantitative estimate of drug-likeness (QED) is 0.0450. The zero-order valence-corrected chi connectivity index (χ0v) is 38.9. The van der Waals surface area contributed by atoms with Gasteiger partial charge in [0, 0.05) is 26.3 Å². The van der Waals surface area contributed by atoms with E-state index in [1.165, 1.54) is 160 Å². The number of nitrogens with two attached hydrogens (primary N) is 2. The van der Waals surface area contributed by atoms with Crippen LogP contribution in [0.2, 0.25) is 0 Å². The van der Waals surface area contributed by atoms with Crippen molar-refractivity contribution in [1.29, 1.82) is 0 Å². The van der Waals surface area contributed by atoms with Crippen LogP contribution in [0.5, 0.6) is 0 Å². The molecule has 1 saturated heterocycles. The fourth-order valence-electron chi connectivity index (χ4n) is 8.33. The van der Waals surface area contributed by atoms with Gasteiger partial charge in [-0.3, -0.25) is 9.36 Å². The number of allylic oxidation sites excluding steroid dienone is 4. The van der Waals surface area contributed by atoms with Crippen molar-refractivity contribution in [1.82, 2.24) is 14.9 Å². The first-order valence-corrected chi connectivity index (χ1v) is 25.1. The van der Waals surface area contributed by atoms with Crippen molar-refractivity contribution in [3.63, 3.8) is 0 Å². The first-order valence-electron chi connectivity index (χ1n) is 25.1. The Hall–Kier alpha value is -2.98. The molecule has 2 aromatic rings.